The van der Waals surface area contributed by atoms with E-state index in [-0.39, 0.29) is 36.9 Å². The van der Waals surface area contributed by atoms with Crippen molar-refractivity contribution in [3.05, 3.63) is 41.7 Å². The van der Waals surface area contributed by atoms with Crippen molar-refractivity contribution in [3.8, 4) is 11.5 Å². The second-order valence-electron chi connectivity index (χ2n) is 8.51. The molecule has 180 valence electrons. The van der Waals surface area contributed by atoms with Gasteiger partial charge in [-0.1, -0.05) is 0 Å². The Labute approximate surface area is 195 Å². The van der Waals surface area contributed by atoms with Gasteiger partial charge >= 0.3 is 0 Å². The Morgan fingerprint density at radius 2 is 1.85 bits per heavy atom. The summed E-state index contributed by atoms with van der Waals surface area (Å²) < 4.78 is 18.7. The van der Waals surface area contributed by atoms with Crippen molar-refractivity contribution in [1.82, 2.24) is 19.6 Å². The van der Waals surface area contributed by atoms with Gasteiger partial charge in [-0.15, -0.1) is 0 Å². The molecule has 0 bridgehead atoms. The third kappa shape index (κ3) is 6.47. The third-order valence-electron chi connectivity index (χ3n) is 5.81. The molecule has 9 heteroatoms. The van der Waals surface area contributed by atoms with Gasteiger partial charge in [0.2, 0.25) is 11.8 Å². The van der Waals surface area contributed by atoms with Crippen LogP contribution in [0.5, 0.6) is 11.5 Å². The lowest BCUT2D eigenvalue weighted by molar-refractivity contribution is -0.139. The van der Waals surface area contributed by atoms with Crippen LogP contribution in [0.3, 0.4) is 0 Å². The highest BCUT2D eigenvalue weighted by atomic mass is 16.5. The van der Waals surface area contributed by atoms with Crippen LogP contribution in [-0.2, 0) is 27.5 Å². The van der Waals surface area contributed by atoms with Crippen molar-refractivity contribution in [1.29, 1.82) is 0 Å². The highest BCUT2D eigenvalue weighted by Gasteiger charge is 2.32. The highest BCUT2D eigenvalue weighted by Crippen LogP contribution is 2.24. The zero-order valence-corrected chi connectivity index (χ0v) is 20.1. The van der Waals surface area contributed by atoms with E-state index in [0.717, 1.165) is 11.3 Å². The summed E-state index contributed by atoms with van der Waals surface area (Å²) in [6.45, 7) is 7.53. The number of carbonyl (C=O) groups excluding carboxylic acids is 2. The van der Waals surface area contributed by atoms with Crippen molar-refractivity contribution in [2.24, 2.45) is 0 Å². The first kappa shape index (κ1) is 24.6. The minimum Gasteiger partial charge on any atom is -0.497 e. The third-order valence-corrected chi connectivity index (χ3v) is 5.81. The zero-order valence-electron chi connectivity index (χ0n) is 20.1. The molecule has 1 aromatic carbocycles. The number of methoxy groups -OCH3 is 2. The summed E-state index contributed by atoms with van der Waals surface area (Å²) in [4.78, 5) is 29.3. The highest BCUT2D eigenvalue weighted by molar-refractivity contribution is 5.85. The van der Waals surface area contributed by atoms with Gasteiger partial charge in [0.25, 0.3) is 0 Å². The van der Waals surface area contributed by atoms with Crippen molar-refractivity contribution < 1.29 is 23.8 Å². The zero-order chi connectivity index (χ0) is 24.0. The maximum Gasteiger partial charge on any atom is 0.242 e. The van der Waals surface area contributed by atoms with Crippen LogP contribution in [0.2, 0.25) is 0 Å². The molecule has 0 N–H and O–H groups in total. The van der Waals surface area contributed by atoms with Gasteiger partial charge in [0.05, 0.1) is 33.5 Å². The maximum absolute atomic E-state index is 13.0. The Kier molecular flexibility index (Phi) is 8.32. The first-order chi connectivity index (χ1) is 15.8. The SMILES string of the molecule is COc1cc(CO[C@H]2CN(C(=O)CCn3nccc3C)CC(=O)N(C(C)C)C2)cc(OC)c1. The number of carbonyl (C=O) groups is 2. The summed E-state index contributed by atoms with van der Waals surface area (Å²) in [6.07, 6.45) is 1.68. The van der Waals surface area contributed by atoms with Crippen molar-refractivity contribution in [3.63, 3.8) is 0 Å². The minimum absolute atomic E-state index is 0.0160. The Hall–Kier alpha value is -3.07. The molecule has 0 spiro atoms. The number of ether oxygens (including phenoxy) is 3. The molecule has 2 amide bonds. The van der Waals surface area contributed by atoms with E-state index in [9.17, 15) is 9.59 Å². The number of amides is 2. The van der Waals surface area contributed by atoms with E-state index >= 15 is 0 Å². The number of aromatic nitrogens is 2. The molecule has 1 saturated heterocycles. The molecule has 1 aromatic heterocycles. The molecule has 3 rings (SSSR count). The Morgan fingerprint density at radius 1 is 1.15 bits per heavy atom. The molecule has 9 nitrogen and oxygen atoms in total. The molecule has 1 fully saturated rings. The Morgan fingerprint density at radius 3 is 2.42 bits per heavy atom. The van der Waals surface area contributed by atoms with E-state index in [2.05, 4.69) is 5.10 Å². The number of hydrogen-bond donors (Lipinski definition) is 0. The van der Waals surface area contributed by atoms with E-state index in [1.165, 1.54) is 0 Å². The molecular weight excluding hydrogens is 424 g/mol. The lowest BCUT2D eigenvalue weighted by Gasteiger charge is -2.27. The fourth-order valence-corrected chi connectivity index (χ4v) is 3.89. The first-order valence-corrected chi connectivity index (χ1v) is 11.2. The van der Waals surface area contributed by atoms with Crippen molar-refractivity contribution in [2.45, 2.75) is 52.5 Å². The number of hydrogen-bond acceptors (Lipinski definition) is 6. The molecular formula is C24H34N4O5. The lowest BCUT2D eigenvalue weighted by atomic mass is 10.2. The van der Waals surface area contributed by atoms with E-state index in [1.54, 1.807) is 41.0 Å². The normalized spacial score (nSPS) is 16.8. The number of benzene rings is 1. The Bertz CT molecular complexity index is 936. The maximum atomic E-state index is 13.0. The van der Waals surface area contributed by atoms with Crippen LogP contribution < -0.4 is 9.47 Å². The molecule has 1 aliphatic rings. The van der Waals surface area contributed by atoms with Gasteiger partial charge in [-0.25, -0.2) is 0 Å². The summed E-state index contributed by atoms with van der Waals surface area (Å²) in [7, 11) is 3.20. The van der Waals surface area contributed by atoms with Crippen LogP contribution >= 0.6 is 0 Å². The first-order valence-electron chi connectivity index (χ1n) is 11.2. The topological polar surface area (TPSA) is 86.1 Å². The van der Waals surface area contributed by atoms with Crippen LogP contribution in [0, 0.1) is 6.92 Å². The van der Waals surface area contributed by atoms with Crippen LogP contribution in [0.15, 0.2) is 30.5 Å². The van der Waals surface area contributed by atoms with Crippen molar-refractivity contribution >= 4 is 11.8 Å². The standard InChI is InChI=1S/C24H34N4O5/c1-17(2)27-14-22(33-16-19-10-20(31-4)12-21(11-19)32-5)13-26(15-24(27)30)23(29)7-9-28-18(3)6-8-25-28/h6,8,10-12,17,22H,7,9,13-16H2,1-5H3/t22-/m0/s1. The second kappa shape index (κ2) is 11.2. The molecule has 1 aliphatic heterocycles. The van der Waals surface area contributed by atoms with E-state index < -0.39 is 0 Å². The predicted octanol–water partition coefficient (Wildman–Crippen LogP) is 2.26. The largest absolute Gasteiger partial charge is 0.497 e. The molecule has 0 aliphatic carbocycles. The predicted molar refractivity (Wildman–Crippen MR) is 123 cm³/mol. The molecule has 2 aromatic rings. The molecule has 0 radical (unpaired) electrons. The fourth-order valence-electron chi connectivity index (χ4n) is 3.89. The van der Waals surface area contributed by atoms with Gasteiger partial charge in [-0.2, -0.15) is 5.10 Å². The molecule has 2 heterocycles. The quantitative estimate of drug-likeness (QED) is 0.573. The summed E-state index contributed by atoms with van der Waals surface area (Å²) >= 11 is 0. The summed E-state index contributed by atoms with van der Waals surface area (Å²) in [6, 6.07) is 7.50. The average Bonchev–Trinajstić information content (AvgIpc) is 3.13. The van der Waals surface area contributed by atoms with Crippen LogP contribution in [0.4, 0.5) is 0 Å². The van der Waals surface area contributed by atoms with Crippen LogP contribution in [-0.4, -0.2) is 77.4 Å². The average molecular weight is 459 g/mol. The summed E-state index contributed by atoms with van der Waals surface area (Å²) in [5.41, 5.74) is 1.89. The lowest BCUT2D eigenvalue weighted by Crippen LogP contribution is -2.42. The second-order valence-corrected chi connectivity index (χ2v) is 8.51. The molecule has 0 unspecified atom stereocenters. The molecule has 1 atom stereocenters. The van der Waals surface area contributed by atoms with Gasteiger partial charge < -0.3 is 24.0 Å². The van der Waals surface area contributed by atoms with Gasteiger partial charge in [0.1, 0.15) is 11.5 Å². The summed E-state index contributed by atoms with van der Waals surface area (Å²) in [5.74, 6) is 1.21. The van der Waals surface area contributed by atoms with E-state index in [4.69, 9.17) is 14.2 Å². The van der Waals surface area contributed by atoms with Crippen LogP contribution in [0.25, 0.3) is 0 Å². The number of aryl methyl sites for hydroxylation is 2. The number of rotatable bonds is 9. The van der Waals surface area contributed by atoms with Crippen molar-refractivity contribution in [2.75, 3.05) is 33.9 Å². The summed E-state index contributed by atoms with van der Waals surface area (Å²) in [5, 5.41) is 4.23. The number of nitrogens with zero attached hydrogens (tertiary/aromatic N) is 4. The Balaban J connectivity index is 1.70. The minimum atomic E-state index is -0.313. The monoisotopic (exact) mass is 458 g/mol. The van der Waals surface area contributed by atoms with Gasteiger partial charge in [0.15, 0.2) is 0 Å². The molecule has 33 heavy (non-hydrogen) atoms. The van der Waals surface area contributed by atoms with E-state index in [0.29, 0.717) is 37.7 Å². The van der Waals surface area contributed by atoms with Gasteiger partial charge in [0, 0.05) is 50.1 Å². The van der Waals surface area contributed by atoms with Gasteiger partial charge in [-0.3, -0.25) is 14.3 Å². The van der Waals surface area contributed by atoms with E-state index in [1.807, 2.05) is 39.0 Å². The fraction of sp³-hybridized carbons (Fsp3) is 0.542. The smallest absolute Gasteiger partial charge is 0.242 e. The molecule has 0 saturated carbocycles. The van der Waals surface area contributed by atoms with Crippen LogP contribution in [0.1, 0.15) is 31.5 Å². The van der Waals surface area contributed by atoms with Gasteiger partial charge in [-0.05, 0) is 44.5 Å².